The van der Waals surface area contributed by atoms with Gasteiger partial charge in [-0.25, -0.2) is 4.39 Å². The van der Waals surface area contributed by atoms with Gasteiger partial charge in [-0.3, -0.25) is 0 Å². The fourth-order valence-corrected chi connectivity index (χ4v) is 2.92. The molecule has 3 unspecified atom stereocenters. The number of nitrogens with one attached hydrogen (secondary N) is 1. The highest BCUT2D eigenvalue weighted by Gasteiger charge is 2.33. The van der Waals surface area contributed by atoms with Crippen molar-refractivity contribution < 1.29 is 9.13 Å². The molecule has 1 aromatic rings. The number of hydrogen-bond donors (Lipinski definition) is 1. The van der Waals surface area contributed by atoms with Gasteiger partial charge in [-0.1, -0.05) is 13.0 Å². The van der Waals surface area contributed by atoms with Crippen molar-refractivity contribution in [3.63, 3.8) is 0 Å². The van der Waals surface area contributed by atoms with Crippen LogP contribution in [0.4, 0.5) is 4.39 Å². The highest BCUT2D eigenvalue weighted by atomic mass is 19.1. The van der Waals surface area contributed by atoms with E-state index in [-0.39, 0.29) is 18.0 Å². The maximum Gasteiger partial charge on any atom is 0.123 e. The summed E-state index contributed by atoms with van der Waals surface area (Å²) in [6.45, 7) is 8.08. The summed E-state index contributed by atoms with van der Waals surface area (Å²) >= 11 is 0. The summed E-state index contributed by atoms with van der Waals surface area (Å²) in [6, 6.07) is 5.26. The SMILES string of the molecule is CCCNC(c1cc(F)ccc1C)C1CCOC1C. The Labute approximate surface area is 115 Å². The maximum absolute atomic E-state index is 13.6. The second kappa shape index (κ2) is 6.49. The van der Waals surface area contributed by atoms with Crippen LogP contribution in [0.1, 0.15) is 43.9 Å². The van der Waals surface area contributed by atoms with E-state index in [1.54, 1.807) is 6.07 Å². The highest BCUT2D eigenvalue weighted by Crippen LogP contribution is 2.34. The zero-order valence-corrected chi connectivity index (χ0v) is 12.1. The number of ether oxygens (including phenoxy) is 1. The third kappa shape index (κ3) is 3.34. The Balaban J connectivity index is 2.28. The Morgan fingerprint density at radius 2 is 2.26 bits per heavy atom. The van der Waals surface area contributed by atoms with Gasteiger partial charge in [-0.05, 0) is 56.5 Å². The topological polar surface area (TPSA) is 21.3 Å². The van der Waals surface area contributed by atoms with Crippen LogP contribution in [-0.4, -0.2) is 19.3 Å². The number of benzene rings is 1. The van der Waals surface area contributed by atoms with Crippen molar-refractivity contribution in [1.29, 1.82) is 0 Å². The van der Waals surface area contributed by atoms with Crippen LogP contribution < -0.4 is 5.32 Å². The van der Waals surface area contributed by atoms with E-state index in [1.165, 1.54) is 6.07 Å². The fourth-order valence-electron chi connectivity index (χ4n) is 2.92. The van der Waals surface area contributed by atoms with Crippen LogP contribution in [0.2, 0.25) is 0 Å². The minimum Gasteiger partial charge on any atom is -0.378 e. The predicted molar refractivity (Wildman–Crippen MR) is 75.7 cm³/mol. The van der Waals surface area contributed by atoms with E-state index in [0.717, 1.165) is 37.1 Å². The van der Waals surface area contributed by atoms with Crippen molar-refractivity contribution in [2.45, 2.75) is 45.8 Å². The molecule has 3 heteroatoms. The van der Waals surface area contributed by atoms with Crippen molar-refractivity contribution in [3.8, 4) is 0 Å². The molecule has 2 nitrogen and oxygen atoms in total. The Morgan fingerprint density at radius 3 is 2.89 bits per heavy atom. The average Bonchev–Trinajstić information content (AvgIpc) is 2.80. The van der Waals surface area contributed by atoms with Gasteiger partial charge >= 0.3 is 0 Å². The summed E-state index contributed by atoms with van der Waals surface area (Å²) in [5.74, 6) is 0.266. The van der Waals surface area contributed by atoms with Gasteiger partial charge in [-0.2, -0.15) is 0 Å². The molecular weight excluding hydrogens is 241 g/mol. The molecule has 0 spiro atoms. The molecular formula is C16H24FNO. The number of rotatable bonds is 5. The van der Waals surface area contributed by atoms with Gasteiger partial charge in [-0.15, -0.1) is 0 Å². The molecule has 3 atom stereocenters. The molecule has 1 N–H and O–H groups in total. The van der Waals surface area contributed by atoms with Crippen molar-refractivity contribution in [2.24, 2.45) is 5.92 Å². The molecule has 0 radical (unpaired) electrons. The summed E-state index contributed by atoms with van der Waals surface area (Å²) in [5, 5.41) is 3.58. The first kappa shape index (κ1) is 14.5. The summed E-state index contributed by atoms with van der Waals surface area (Å²) in [5.41, 5.74) is 2.23. The molecule has 19 heavy (non-hydrogen) atoms. The van der Waals surface area contributed by atoms with Crippen LogP contribution in [-0.2, 0) is 4.74 Å². The highest BCUT2D eigenvalue weighted by molar-refractivity contribution is 5.30. The zero-order valence-electron chi connectivity index (χ0n) is 12.1. The Morgan fingerprint density at radius 1 is 1.47 bits per heavy atom. The van der Waals surface area contributed by atoms with E-state index in [1.807, 2.05) is 6.07 Å². The van der Waals surface area contributed by atoms with Crippen molar-refractivity contribution >= 4 is 0 Å². The Hall–Kier alpha value is -0.930. The molecule has 1 heterocycles. The van der Waals surface area contributed by atoms with E-state index in [2.05, 4.69) is 26.1 Å². The van der Waals surface area contributed by atoms with Crippen molar-refractivity contribution in [1.82, 2.24) is 5.32 Å². The van der Waals surface area contributed by atoms with Gasteiger partial charge in [0.05, 0.1) is 6.10 Å². The second-order valence-corrected chi connectivity index (χ2v) is 5.46. The van der Waals surface area contributed by atoms with Gasteiger partial charge in [0, 0.05) is 18.6 Å². The van der Waals surface area contributed by atoms with Crippen LogP contribution in [0, 0.1) is 18.7 Å². The van der Waals surface area contributed by atoms with Crippen LogP contribution in [0.3, 0.4) is 0 Å². The predicted octanol–water partition coefficient (Wildman–Crippen LogP) is 3.60. The Bertz CT molecular complexity index is 421. The summed E-state index contributed by atoms with van der Waals surface area (Å²) in [4.78, 5) is 0. The van der Waals surface area contributed by atoms with E-state index in [9.17, 15) is 4.39 Å². The molecule has 1 aliphatic rings. The van der Waals surface area contributed by atoms with Crippen LogP contribution >= 0.6 is 0 Å². The third-order valence-electron chi connectivity index (χ3n) is 4.05. The van der Waals surface area contributed by atoms with Crippen LogP contribution in [0.5, 0.6) is 0 Å². The molecule has 2 rings (SSSR count). The van der Waals surface area contributed by atoms with Crippen molar-refractivity contribution in [2.75, 3.05) is 13.2 Å². The lowest BCUT2D eigenvalue weighted by Gasteiger charge is -2.28. The molecule has 0 amide bonds. The van der Waals surface area contributed by atoms with E-state index in [4.69, 9.17) is 4.74 Å². The van der Waals surface area contributed by atoms with E-state index >= 15 is 0 Å². The first-order valence-electron chi connectivity index (χ1n) is 7.24. The van der Waals surface area contributed by atoms with Crippen LogP contribution in [0.15, 0.2) is 18.2 Å². The standard InChI is InChI=1S/C16H24FNO/c1-4-8-18-16(14-7-9-19-12(14)3)15-10-13(17)6-5-11(15)2/h5-6,10,12,14,16,18H,4,7-9H2,1-3H3. The lowest BCUT2D eigenvalue weighted by atomic mass is 9.86. The molecule has 1 aromatic carbocycles. The lowest BCUT2D eigenvalue weighted by Crippen LogP contribution is -2.33. The second-order valence-electron chi connectivity index (χ2n) is 5.46. The van der Waals surface area contributed by atoms with Gasteiger partial charge in [0.1, 0.15) is 5.82 Å². The summed E-state index contributed by atoms with van der Waals surface area (Å²) in [6.07, 6.45) is 2.35. The molecule has 1 saturated heterocycles. The molecule has 0 saturated carbocycles. The zero-order chi connectivity index (χ0) is 13.8. The Kier molecular flexibility index (Phi) is 4.94. The quantitative estimate of drug-likeness (QED) is 0.878. The number of hydrogen-bond acceptors (Lipinski definition) is 2. The lowest BCUT2D eigenvalue weighted by molar-refractivity contribution is 0.0952. The van der Waals surface area contributed by atoms with Gasteiger partial charge in [0.2, 0.25) is 0 Å². The minimum absolute atomic E-state index is 0.157. The smallest absolute Gasteiger partial charge is 0.123 e. The fraction of sp³-hybridized carbons (Fsp3) is 0.625. The molecule has 0 aromatic heterocycles. The molecule has 1 aliphatic heterocycles. The largest absolute Gasteiger partial charge is 0.378 e. The molecule has 0 bridgehead atoms. The molecule has 106 valence electrons. The van der Waals surface area contributed by atoms with Gasteiger partial charge < -0.3 is 10.1 Å². The number of aryl methyl sites for hydroxylation is 1. The van der Waals surface area contributed by atoms with E-state index in [0.29, 0.717) is 5.92 Å². The third-order valence-corrected chi connectivity index (χ3v) is 4.05. The summed E-state index contributed by atoms with van der Waals surface area (Å²) in [7, 11) is 0. The maximum atomic E-state index is 13.6. The van der Waals surface area contributed by atoms with Gasteiger partial charge in [0.15, 0.2) is 0 Å². The molecule has 0 aliphatic carbocycles. The van der Waals surface area contributed by atoms with E-state index < -0.39 is 0 Å². The van der Waals surface area contributed by atoms with Crippen LogP contribution in [0.25, 0.3) is 0 Å². The normalized spacial score (nSPS) is 24.6. The minimum atomic E-state index is -0.157. The number of halogens is 1. The molecule has 1 fully saturated rings. The average molecular weight is 265 g/mol. The summed E-state index contributed by atoms with van der Waals surface area (Å²) < 4.78 is 19.2. The first-order valence-corrected chi connectivity index (χ1v) is 7.24. The monoisotopic (exact) mass is 265 g/mol. The van der Waals surface area contributed by atoms with Gasteiger partial charge in [0.25, 0.3) is 0 Å². The van der Waals surface area contributed by atoms with Crippen molar-refractivity contribution in [3.05, 3.63) is 35.1 Å². The first-order chi connectivity index (χ1) is 9.13.